The molecule has 3 N–H and O–H groups in total. The van der Waals surface area contributed by atoms with Gasteiger partial charge in [-0.25, -0.2) is 19.2 Å². The first-order valence-electron chi connectivity index (χ1n) is 15.9. The van der Waals surface area contributed by atoms with Gasteiger partial charge in [0.05, 0.1) is 23.4 Å². The van der Waals surface area contributed by atoms with Crippen molar-refractivity contribution in [3.05, 3.63) is 86.5 Å². The van der Waals surface area contributed by atoms with E-state index >= 15 is 0 Å². The van der Waals surface area contributed by atoms with Crippen molar-refractivity contribution in [2.75, 3.05) is 43.5 Å². The maximum atomic E-state index is 14.6. The third-order valence-corrected chi connectivity index (χ3v) is 9.42. The summed E-state index contributed by atoms with van der Waals surface area (Å²) < 4.78 is 21.3. The number of hydrogen-bond acceptors (Lipinski definition) is 12. The second-order valence-corrected chi connectivity index (χ2v) is 13.1. The van der Waals surface area contributed by atoms with Crippen molar-refractivity contribution in [1.29, 1.82) is 0 Å². The van der Waals surface area contributed by atoms with E-state index in [9.17, 15) is 14.3 Å². The van der Waals surface area contributed by atoms with Crippen LogP contribution in [0, 0.1) is 24.6 Å². The number of benzene rings is 2. The lowest BCUT2D eigenvalue weighted by atomic mass is 10.2. The Labute approximate surface area is 296 Å². The van der Waals surface area contributed by atoms with Crippen LogP contribution in [0.4, 0.5) is 26.3 Å². The summed E-state index contributed by atoms with van der Waals surface area (Å²) in [7, 11) is 1.78. The van der Waals surface area contributed by atoms with E-state index in [0.29, 0.717) is 77.7 Å². The van der Waals surface area contributed by atoms with Gasteiger partial charge >= 0.3 is 5.97 Å². The summed E-state index contributed by atoms with van der Waals surface area (Å²) in [6.07, 6.45) is 3.01. The van der Waals surface area contributed by atoms with Gasteiger partial charge < -0.3 is 25.4 Å². The molecule has 2 aromatic carbocycles. The van der Waals surface area contributed by atoms with E-state index in [2.05, 4.69) is 52.7 Å². The van der Waals surface area contributed by atoms with Crippen LogP contribution >= 0.6 is 22.7 Å². The third kappa shape index (κ3) is 9.64. The van der Waals surface area contributed by atoms with Gasteiger partial charge in [0.15, 0.2) is 39.2 Å². The maximum absolute atomic E-state index is 14.6. The molecule has 0 saturated heterocycles. The van der Waals surface area contributed by atoms with E-state index in [1.807, 2.05) is 42.2 Å². The standard InChI is InChI=1S/C34H35FN10O3S2/c1-22-20-29(42-43-31(22)41-33-39-25-11-4-5-12-27(25)49-33)45(18-7-3-6-17-38-44-36)34-40-30(32(46)47)28(50-34)13-9-19-48-26-15-14-23(21-24(26)35)10-8-16-37-2/h4-5,11-12,14-15,20-21,37H,3,6-7,9,13,16-19H2,1-2H3,(H,46,47)(H,39,41,43). The van der Waals surface area contributed by atoms with Crippen LogP contribution in [0.25, 0.3) is 20.7 Å². The monoisotopic (exact) mass is 714 g/mol. The SMILES string of the molecule is CNCC#Cc1ccc(OCCCc2sc(N(CCCCCN=[N+]=[N-])c3cc(C)c(Nc4nc5ccccc5s4)nn3)nc2C(=O)O)c(F)c1. The molecule has 0 aliphatic heterocycles. The Hall–Kier alpha value is -5.33. The normalized spacial score (nSPS) is 10.7. The summed E-state index contributed by atoms with van der Waals surface area (Å²) in [6, 6.07) is 14.3. The molecule has 13 nitrogen and oxygen atoms in total. The summed E-state index contributed by atoms with van der Waals surface area (Å²) in [5, 5.41) is 29.9. The van der Waals surface area contributed by atoms with Crippen LogP contribution in [0.3, 0.4) is 0 Å². The second kappa shape index (κ2) is 17.9. The number of nitrogens with zero attached hydrogens (tertiary/aromatic N) is 8. The molecule has 16 heteroatoms. The number of carboxylic acids is 1. The average Bonchev–Trinajstić information content (AvgIpc) is 3.72. The molecule has 0 spiro atoms. The Morgan fingerprint density at radius 1 is 1.12 bits per heavy atom. The number of carboxylic acid groups (broad SMARTS) is 1. The van der Waals surface area contributed by atoms with Gasteiger partial charge in [-0.05, 0) is 87.1 Å². The van der Waals surface area contributed by atoms with E-state index < -0.39 is 11.8 Å². The van der Waals surface area contributed by atoms with Gasteiger partial charge in [0.2, 0.25) is 0 Å². The summed E-state index contributed by atoms with van der Waals surface area (Å²) in [5.74, 6) is 5.30. The van der Waals surface area contributed by atoms with E-state index in [-0.39, 0.29) is 18.1 Å². The fourth-order valence-corrected chi connectivity index (χ4v) is 6.87. The number of carbonyl (C=O) groups is 1. The zero-order valence-electron chi connectivity index (χ0n) is 27.5. The number of azide groups is 1. The largest absolute Gasteiger partial charge is 0.491 e. The van der Waals surface area contributed by atoms with Crippen LogP contribution in [0.2, 0.25) is 0 Å². The van der Waals surface area contributed by atoms with Gasteiger partial charge in [0.25, 0.3) is 0 Å². The number of aromatic carboxylic acids is 1. The summed E-state index contributed by atoms with van der Waals surface area (Å²) >= 11 is 2.78. The van der Waals surface area contributed by atoms with Crippen LogP contribution in [0.1, 0.15) is 52.2 Å². The molecule has 50 heavy (non-hydrogen) atoms. The Kier molecular flexibility index (Phi) is 12.9. The molecule has 5 rings (SSSR count). The minimum Gasteiger partial charge on any atom is -0.491 e. The fraction of sp³-hybridized carbons (Fsp3) is 0.324. The molecule has 5 aromatic rings. The lowest BCUT2D eigenvalue weighted by Gasteiger charge is -2.21. The molecule has 0 atom stereocenters. The fourth-order valence-electron chi connectivity index (χ4n) is 4.87. The molecule has 0 bridgehead atoms. The van der Waals surface area contributed by atoms with Crippen molar-refractivity contribution in [3.63, 3.8) is 0 Å². The van der Waals surface area contributed by atoms with E-state index in [1.54, 1.807) is 19.2 Å². The molecular weight excluding hydrogens is 680 g/mol. The predicted molar refractivity (Wildman–Crippen MR) is 195 cm³/mol. The highest BCUT2D eigenvalue weighted by molar-refractivity contribution is 7.22. The molecule has 258 valence electrons. The van der Waals surface area contributed by atoms with Crippen molar-refractivity contribution in [2.45, 2.75) is 39.0 Å². The smallest absolute Gasteiger partial charge is 0.355 e. The van der Waals surface area contributed by atoms with Crippen molar-refractivity contribution >= 4 is 60.8 Å². The molecule has 0 amide bonds. The van der Waals surface area contributed by atoms with Crippen molar-refractivity contribution in [3.8, 4) is 17.6 Å². The molecule has 0 aliphatic carbocycles. The van der Waals surface area contributed by atoms with Crippen LogP contribution in [0.5, 0.6) is 5.75 Å². The minimum atomic E-state index is -1.14. The van der Waals surface area contributed by atoms with Gasteiger partial charge in [0.1, 0.15) is 0 Å². The van der Waals surface area contributed by atoms with Gasteiger partial charge in [-0.15, -0.1) is 21.5 Å². The summed E-state index contributed by atoms with van der Waals surface area (Å²) in [6.45, 7) is 3.47. The van der Waals surface area contributed by atoms with Crippen LogP contribution in [-0.4, -0.2) is 64.5 Å². The van der Waals surface area contributed by atoms with Crippen molar-refractivity contribution < 1.29 is 19.0 Å². The molecule has 3 heterocycles. The predicted octanol–water partition coefficient (Wildman–Crippen LogP) is 7.63. The summed E-state index contributed by atoms with van der Waals surface area (Å²) in [5.41, 5.74) is 10.8. The third-order valence-electron chi connectivity index (χ3n) is 7.33. The Morgan fingerprint density at radius 2 is 1.98 bits per heavy atom. The van der Waals surface area contributed by atoms with E-state index in [0.717, 1.165) is 22.2 Å². The first-order chi connectivity index (χ1) is 24.4. The number of nitrogens with one attached hydrogen (secondary N) is 2. The maximum Gasteiger partial charge on any atom is 0.355 e. The molecule has 0 aliphatic rings. The molecular formula is C34H35FN10O3S2. The lowest BCUT2D eigenvalue weighted by Crippen LogP contribution is -2.20. The Balaban J connectivity index is 1.30. The lowest BCUT2D eigenvalue weighted by molar-refractivity contribution is 0.0690. The number of hydrogen-bond donors (Lipinski definition) is 3. The van der Waals surface area contributed by atoms with Crippen LogP contribution < -0.4 is 20.3 Å². The number of halogens is 1. The second-order valence-electron chi connectivity index (χ2n) is 11.0. The van der Waals surface area contributed by atoms with Gasteiger partial charge in [-0.2, -0.15) is 0 Å². The molecule has 3 aromatic heterocycles. The Morgan fingerprint density at radius 3 is 2.74 bits per heavy atom. The molecule has 0 radical (unpaired) electrons. The minimum absolute atomic E-state index is 0.0483. The number of unbranched alkanes of at least 4 members (excludes halogenated alkanes) is 2. The molecule has 0 unspecified atom stereocenters. The first-order valence-corrected chi connectivity index (χ1v) is 17.5. The number of para-hydroxylation sites is 1. The zero-order valence-corrected chi connectivity index (χ0v) is 29.2. The highest BCUT2D eigenvalue weighted by Gasteiger charge is 2.23. The number of thiazole rings is 2. The summed E-state index contributed by atoms with van der Waals surface area (Å²) in [4.78, 5) is 26.6. The molecule has 0 fully saturated rings. The number of aromatic nitrogens is 4. The van der Waals surface area contributed by atoms with E-state index in [4.69, 9.17) is 10.3 Å². The van der Waals surface area contributed by atoms with Crippen molar-refractivity contribution in [1.82, 2.24) is 25.5 Å². The van der Waals surface area contributed by atoms with Gasteiger partial charge in [-0.3, -0.25) is 0 Å². The van der Waals surface area contributed by atoms with E-state index in [1.165, 1.54) is 28.7 Å². The first kappa shape index (κ1) is 36.0. The highest BCUT2D eigenvalue weighted by atomic mass is 32.1. The van der Waals surface area contributed by atoms with Crippen LogP contribution in [0.15, 0.2) is 53.6 Å². The van der Waals surface area contributed by atoms with Crippen molar-refractivity contribution in [2.24, 2.45) is 5.11 Å². The average molecular weight is 715 g/mol. The number of ether oxygens (including phenoxy) is 1. The molecule has 0 saturated carbocycles. The number of fused-ring (bicyclic) bond motifs is 1. The number of aryl methyl sites for hydroxylation is 2. The quantitative estimate of drug-likeness (QED) is 0.0286. The Bertz CT molecular complexity index is 2020. The van der Waals surface area contributed by atoms with Crippen LogP contribution in [-0.2, 0) is 6.42 Å². The number of anilines is 4. The van der Waals surface area contributed by atoms with Gasteiger partial charge in [0, 0.05) is 28.4 Å². The zero-order chi connectivity index (χ0) is 35.3. The topological polar surface area (TPSA) is 174 Å². The van der Waals surface area contributed by atoms with Gasteiger partial charge in [-0.1, -0.05) is 46.8 Å². The number of rotatable bonds is 17. The highest BCUT2D eigenvalue weighted by Crippen LogP contribution is 2.34.